The Labute approximate surface area is 132 Å². The largest absolute Gasteiger partial charge is 0.478 e. The third kappa shape index (κ3) is 3.67. The Morgan fingerprint density at radius 3 is 2.77 bits per heavy atom. The summed E-state index contributed by atoms with van der Waals surface area (Å²) in [5.74, 6) is -0.411. The van der Waals surface area contributed by atoms with Crippen LogP contribution in [0.5, 0.6) is 0 Å². The van der Waals surface area contributed by atoms with Gasteiger partial charge in [0.1, 0.15) is 0 Å². The van der Waals surface area contributed by atoms with Gasteiger partial charge in [-0.05, 0) is 36.8 Å². The molecule has 1 aliphatic rings. The lowest BCUT2D eigenvalue weighted by atomic mass is 9.94. The molecular weight excluding hydrogens is 278 g/mol. The zero-order valence-electron chi connectivity index (χ0n) is 13.4. The van der Waals surface area contributed by atoms with E-state index in [4.69, 9.17) is 0 Å². The van der Waals surface area contributed by atoms with Crippen LogP contribution >= 0.6 is 0 Å². The van der Waals surface area contributed by atoms with Crippen molar-refractivity contribution in [3.05, 3.63) is 35.4 Å². The average Bonchev–Trinajstić information content (AvgIpc) is 2.97. The van der Waals surface area contributed by atoms with E-state index in [0.717, 1.165) is 32.2 Å². The van der Waals surface area contributed by atoms with E-state index in [0.29, 0.717) is 17.5 Å². The third-order valence-electron chi connectivity index (χ3n) is 4.61. The molecule has 0 spiro atoms. The monoisotopic (exact) mass is 303 g/mol. The standard InChI is InChI=1S/C18H25NO3/c1-3-7-13(2)16-10-6-11-19(16)17(20)12-14-8-4-5-9-15(14)18(21)22/h4-5,8-9,13,16H,3,6-7,10-12H2,1-2H3,(H,21,22). The first-order valence-electron chi connectivity index (χ1n) is 8.15. The molecule has 1 aliphatic heterocycles. The molecule has 4 heteroatoms. The van der Waals surface area contributed by atoms with Crippen LogP contribution in [0.2, 0.25) is 0 Å². The van der Waals surface area contributed by atoms with Gasteiger partial charge in [0.15, 0.2) is 0 Å². The first kappa shape index (κ1) is 16.5. The van der Waals surface area contributed by atoms with Crippen molar-refractivity contribution in [1.29, 1.82) is 0 Å². The number of carbonyl (C=O) groups is 2. The van der Waals surface area contributed by atoms with Gasteiger partial charge in [0.25, 0.3) is 0 Å². The third-order valence-corrected chi connectivity index (χ3v) is 4.61. The van der Waals surface area contributed by atoms with Gasteiger partial charge in [-0.15, -0.1) is 0 Å². The number of hydrogen-bond acceptors (Lipinski definition) is 2. The SMILES string of the molecule is CCCC(C)C1CCCN1C(=O)Cc1ccccc1C(=O)O. The molecule has 2 atom stereocenters. The minimum absolute atomic E-state index is 0.0548. The normalized spacial score (nSPS) is 19.2. The van der Waals surface area contributed by atoms with E-state index in [9.17, 15) is 14.7 Å². The molecule has 1 fully saturated rings. The molecule has 0 bridgehead atoms. The Morgan fingerprint density at radius 2 is 2.09 bits per heavy atom. The molecule has 1 amide bonds. The number of carbonyl (C=O) groups excluding carboxylic acids is 1. The quantitative estimate of drug-likeness (QED) is 0.876. The molecule has 0 saturated carbocycles. The van der Waals surface area contributed by atoms with Crippen molar-refractivity contribution in [2.45, 2.75) is 52.0 Å². The molecule has 0 radical (unpaired) electrons. The second-order valence-electron chi connectivity index (χ2n) is 6.20. The number of carboxylic acids is 1. The maximum atomic E-state index is 12.6. The molecule has 120 valence electrons. The molecule has 0 aromatic heterocycles. The summed E-state index contributed by atoms with van der Waals surface area (Å²) in [6.07, 6.45) is 4.54. The first-order valence-corrected chi connectivity index (χ1v) is 8.15. The number of rotatable bonds is 6. The first-order chi connectivity index (χ1) is 10.5. The predicted octanol–water partition coefficient (Wildman–Crippen LogP) is 3.35. The lowest BCUT2D eigenvalue weighted by Gasteiger charge is -2.30. The fourth-order valence-corrected chi connectivity index (χ4v) is 3.49. The van der Waals surface area contributed by atoms with E-state index in [1.54, 1.807) is 24.3 Å². The molecule has 1 N–H and O–H groups in total. The molecule has 1 aromatic carbocycles. The van der Waals surface area contributed by atoms with Crippen LogP contribution in [0.25, 0.3) is 0 Å². The Balaban J connectivity index is 2.10. The van der Waals surface area contributed by atoms with Crippen LogP contribution in [0.4, 0.5) is 0 Å². The number of benzene rings is 1. The van der Waals surface area contributed by atoms with Gasteiger partial charge in [0.2, 0.25) is 5.91 Å². The molecule has 2 rings (SSSR count). The number of nitrogens with zero attached hydrogens (tertiary/aromatic N) is 1. The number of amides is 1. The molecule has 1 saturated heterocycles. The smallest absolute Gasteiger partial charge is 0.335 e. The van der Waals surface area contributed by atoms with Gasteiger partial charge in [-0.1, -0.05) is 38.5 Å². The van der Waals surface area contributed by atoms with E-state index in [1.807, 2.05) is 4.90 Å². The van der Waals surface area contributed by atoms with Crippen LogP contribution in [0.1, 0.15) is 55.5 Å². The van der Waals surface area contributed by atoms with Gasteiger partial charge in [0.05, 0.1) is 12.0 Å². The maximum Gasteiger partial charge on any atom is 0.335 e. The average molecular weight is 303 g/mol. The summed E-state index contributed by atoms with van der Waals surface area (Å²) in [4.78, 5) is 25.9. The van der Waals surface area contributed by atoms with Crippen LogP contribution in [0.3, 0.4) is 0 Å². The Hall–Kier alpha value is -1.84. The van der Waals surface area contributed by atoms with E-state index in [2.05, 4.69) is 13.8 Å². The van der Waals surface area contributed by atoms with E-state index in [-0.39, 0.29) is 17.9 Å². The summed E-state index contributed by atoms with van der Waals surface area (Å²) in [7, 11) is 0. The van der Waals surface area contributed by atoms with E-state index in [1.165, 1.54) is 0 Å². The maximum absolute atomic E-state index is 12.6. The Bertz CT molecular complexity index is 541. The summed E-state index contributed by atoms with van der Waals surface area (Å²) in [6.45, 7) is 5.18. The van der Waals surface area contributed by atoms with Crippen LogP contribution in [0, 0.1) is 5.92 Å². The minimum Gasteiger partial charge on any atom is -0.478 e. The van der Waals surface area contributed by atoms with Crippen molar-refractivity contribution >= 4 is 11.9 Å². The zero-order chi connectivity index (χ0) is 16.1. The van der Waals surface area contributed by atoms with Crippen molar-refractivity contribution in [2.24, 2.45) is 5.92 Å². The molecule has 22 heavy (non-hydrogen) atoms. The van der Waals surface area contributed by atoms with Crippen molar-refractivity contribution in [1.82, 2.24) is 4.90 Å². The van der Waals surface area contributed by atoms with Gasteiger partial charge in [-0.25, -0.2) is 4.79 Å². The van der Waals surface area contributed by atoms with Gasteiger partial charge in [-0.2, -0.15) is 0 Å². The highest BCUT2D eigenvalue weighted by Gasteiger charge is 2.32. The molecule has 1 heterocycles. The highest BCUT2D eigenvalue weighted by Crippen LogP contribution is 2.27. The lowest BCUT2D eigenvalue weighted by molar-refractivity contribution is -0.132. The van der Waals surface area contributed by atoms with Crippen LogP contribution in [-0.2, 0) is 11.2 Å². The summed E-state index contributed by atoms with van der Waals surface area (Å²) in [5, 5.41) is 9.23. The number of likely N-dealkylation sites (tertiary alicyclic amines) is 1. The molecule has 1 aromatic rings. The number of aromatic carboxylic acids is 1. The lowest BCUT2D eigenvalue weighted by Crippen LogP contribution is -2.40. The summed E-state index contributed by atoms with van der Waals surface area (Å²) in [6, 6.07) is 7.09. The highest BCUT2D eigenvalue weighted by atomic mass is 16.4. The fourth-order valence-electron chi connectivity index (χ4n) is 3.49. The number of hydrogen-bond donors (Lipinski definition) is 1. The summed E-state index contributed by atoms with van der Waals surface area (Å²) < 4.78 is 0. The summed E-state index contributed by atoms with van der Waals surface area (Å²) >= 11 is 0. The Morgan fingerprint density at radius 1 is 1.36 bits per heavy atom. The van der Waals surface area contributed by atoms with Crippen molar-refractivity contribution in [3.8, 4) is 0 Å². The van der Waals surface area contributed by atoms with Crippen LogP contribution < -0.4 is 0 Å². The van der Waals surface area contributed by atoms with Gasteiger partial charge < -0.3 is 10.0 Å². The minimum atomic E-state index is -0.972. The second kappa shape index (κ2) is 7.43. The topological polar surface area (TPSA) is 57.6 Å². The van der Waals surface area contributed by atoms with Crippen LogP contribution in [-0.4, -0.2) is 34.5 Å². The molecule has 2 unspecified atom stereocenters. The number of carboxylic acid groups (broad SMARTS) is 1. The van der Waals surface area contributed by atoms with Crippen molar-refractivity contribution < 1.29 is 14.7 Å². The van der Waals surface area contributed by atoms with E-state index >= 15 is 0 Å². The molecule has 0 aliphatic carbocycles. The predicted molar refractivity (Wildman–Crippen MR) is 85.9 cm³/mol. The Kier molecular flexibility index (Phi) is 5.58. The summed E-state index contributed by atoms with van der Waals surface area (Å²) in [5.41, 5.74) is 0.835. The highest BCUT2D eigenvalue weighted by molar-refractivity contribution is 5.91. The van der Waals surface area contributed by atoms with Gasteiger partial charge in [0, 0.05) is 12.6 Å². The van der Waals surface area contributed by atoms with Crippen molar-refractivity contribution in [3.63, 3.8) is 0 Å². The van der Waals surface area contributed by atoms with Crippen LogP contribution in [0.15, 0.2) is 24.3 Å². The second-order valence-corrected chi connectivity index (χ2v) is 6.20. The molecule has 4 nitrogen and oxygen atoms in total. The van der Waals surface area contributed by atoms with Gasteiger partial charge >= 0.3 is 5.97 Å². The fraction of sp³-hybridized carbons (Fsp3) is 0.556. The van der Waals surface area contributed by atoms with E-state index < -0.39 is 5.97 Å². The molecular formula is C18H25NO3. The van der Waals surface area contributed by atoms with Crippen molar-refractivity contribution in [2.75, 3.05) is 6.54 Å². The van der Waals surface area contributed by atoms with Gasteiger partial charge in [-0.3, -0.25) is 4.79 Å². The zero-order valence-corrected chi connectivity index (χ0v) is 13.4.